The van der Waals surface area contributed by atoms with Crippen LogP contribution in [0.2, 0.25) is 0 Å². The summed E-state index contributed by atoms with van der Waals surface area (Å²) in [5.41, 5.74) is 0. The topological polar surface area (TPSA) is 78.9 Å². The fourth-order valence-corrected chi connectivity index (χ4v) is 8.45. The lowest BCUT2D eigenvalue weighted by Gasteiger charge is -2.18. The molecule has 6 nitrogen and oxygen atoms in total. The molecule has 61 heavy (non-hydrogen) atoms. The van der Waals surface area contributed by atoms with Gasteiger partial charge in [0.1, 0.15) is 13.2 Å². The highest BCUT2D eigenvalue weighted by Crippen LogP contribution is 2.17. The van der Waals surface area contributed by atoms with Crippen molar-refractivity contribution < 1.29 is 28.6 Å². The number of hydrogen-bond acceptors (Lipinski definition) is 6. The molecule has 0 rings (SSSR count). The van der Waals surface area contributed by atoms with Crippen molar-refractivity contribution in [3.63, 3.8) is 0 Å². The Balaban J connectivity index is 4.10. The van der Waals surface area contributed by atoms with Crippen molar-refractivity contribution >= 4 is 17.9 Å². The van der Waals surface area contributed by atoms with Crippen LogP contribution in [0.1, 0.15) is 316 Å². The second-order valence-electron chi connectivity index (χ2n) is 18.9. The van der Waals surface area contributed by atoms with Gasteiger partial charge in [-0.25, -0.2) is 0 Å². The van der Waals surface area contributed by atoms with Gasteiger partial charge in [-0.15, -0.1) is 0 Å². The van der Waals surface area contributed by atoms with Crippen molar-refractivity contribution in [2.24, 2.45) is 0 Å². The van der Waals surface area contributed by atoms with Gasteiger partial charge < -0.3 is 14.2 Å². The summed E-state index contributed by atoms with van der Waals surface area (Å²) < 4.78 is 16.8. The first-order valence-electron chi connectivity index (χ1n) is 27.5. The first kappa shape index (κ1) is 59.4. The van der Waals surface area contributed by atoms with E-state index in [0.29, 0.717) is 19.3 Å². The quantitative estimate of drug-likeness (QED) is 0.0344. The fourth-order valence-electron chi connectivity index (χ4n) is 8.45. The van der Waals surface area contributed by atoms with E-state index in [-0.39, 0.29) is 31.1 Å². The number of hydrogen-bond donors (Lipinski definition) is 0. The maximum absolute atomic E-state index is 12.8. The Labute approximate surface area is 380 Å². The van der Waals surface area contributed by atoms with Crippen LogP contribution < -0.4 is 0 Å². The molecule has 0 bridgehead atoms. The van der Waals surface area contributed by atoms with Crippen LogP contribution in [0.4, 0.5) is 0 Å². The molecule has 0 amide bonds. The van der Waals surface area contributed by atoms with E-state index in [1.54, 1.807) is 0 Å². The number of unbranched alkanes of at least 4 members (excludes halogenated alkanes) is 40. The van der Waals surface area contributed by atoms with Crippen LogP contribution in [0.25, 0.3) is 0 Å². The summed E-state index contributed by atoms with van der Waals surface area (Å²) in [6, 6.07) is 0. The highest BCUT2D eigenvalue weighted by molar-refractivity contribution is 5.71. The minimum absolute atomic E-state index is 0.0624. The number of rotatable bonds is 51. The molecule has 0 fully saturated rings. The zero-order valence-corrected chi connectivity index (χ0v) is 41.5. The predicted octanol–water partition coefficient (Wildman–Crippen LogP) is 18.0. The summed E-state index contributed by atoms with van der Waals surface area (Å²) in [4.78, 5) is 37.8. The molecule has 0 aromatic carbocycles. The second-order valence-corrected chi connectivity index (χ2v) is 18.9. The average Bonchev–Trinajstić information content (AvgIpc) is 3.26. The van der Waals surface area contributed by atoms with Gasteiger partial charge in [0.05, 0.1) is 0 Å². The van der Waals surface area contributed by atoms with Crippen molar-refractivity contribution in [2.75, 3.05) is 13.2 Å². The third-order valence-corrected chi connectivity index (χ3v) is 12.6. The van der Waals surface area contributed by atoms with Crippen LogP contribution in [0.3, 0.4) is 0 Å². The summed E-state index contributed by atoms with van der Waals surface area (Å²) in [5, 5.41) is 0. The SMILES string of the molecule is CCCCCCCCCCCCCCCCCCCCCC(=O)OCC(COC(=O)CCCCCCCC)OC(=O)CCCCCCCCCCCCCCCCCCCC. The highest BCUT2D eigenvalue weighted by Gasteiger charge is 2.19. The number of carbonyl (C=O) groups excluding carboxylic acids is 3. The molecule has 0 aliphatic heterocycles. The summed E-state index contributed by atoms with van der Waals surface area (Å²) in [6.07, 6.45) is 55.5. The zero-order valence-electron chi connectivity index (χ0n) is 41.5. The summed E-state index contributed by atoms with van der Waals surface area (Å²) >= 11 is 0. The van der Waals surface area contributed by atoms with Gasteiger partial charge in [-0.3, -0.25) is 14.4 Å². The minimum atomic E-state index is -0.759. The molecule has 0 spiro atoms. The van der Waals surface area contributed by atoms with Crippen molar-refractivity contribution in [3.8, 4) is 0 Å². The van der Waals surface area contributed by atoms with E-state index >= 15 is 0 Å². The molecule has 6 heteroatoms. The van der Waals surface area contributed by atoms with Gasteiger partial charge in [0.25, 0.3) is 0 Å². The predicted molar refractivity (Wildman–Crippen MR) is 261 cm³/mol. The molecule has 0 saturated carbocycles. The van der Waals surface area contributed by atoms with E-state index in [0.717, 1.165) is 57.8 Å². The van der Waals surface area contributed by atoms with E-state index < -0.39 is 6.10 Å². The molecule has 0 aliphatic rings. The van der Waals surface area contributed by atoms with Gasteiger partial charge in [-0.1, -0.05) is 278 Å². The molecular weight excluding hydrogens is 757 g/mol. The molecule has 0 heterocycles. The second kappa shape index (κ2) is 51.0. The van der Waals surface area contributed by atoms with Crippen LogP contribution in [0.15, 0.2) is 0 Å². The fraction of sp³-hybridized carbons (Fsp3) is 0.945. The molecule has 362 valence electrons. The van der Waals surface area contributed by atoms with E-state index in [1.807, 2.05) is 0 Å². The van der Waals surface area contributed by atoms with E-state index in [9.17, 15) is 14.4 Å². The lowest BCUT2D eigenvalue weighted by atomic mass is 10.0. The van der Waals surface area contributed by atoms with E-state index in [4.69, 9.17) is 14.2 Å². The molecule has 0 radical (unpaired) electrons. The highest BCUT2D eigenvalue weighted by atomic mass is 16.6. The lowest BCUT2D eigenvalue weighted by Crippen LogP contribution is -2.30. The van der Waals surface area contributed by atoms with Crippen LogP contribution in [0, 0.1) is 0 Å². The van der Waals surface area contributed by atoms with Gasteiger partial charge in [0.15, 0.2) is 6.10 Å². The molecule has 0 N–H and O–H groups in total. The van der Waals surface area contributed by atoms with E-state index in [1.165, 1.54) is 218 Å². The lowest BCUT2D eigenvalue weighted by molar-refractivity contribution is -0.167. The van der Waals surface area contributed by atoms with Gasteiger partial charge in [-0.2, -0.15) is 0 Å². The number of ether oxygens (including phenoxy) is 3. The van der Waals surface area contributed by atoms with Crippen LogP contribution >= 0.6 is 0 Å². The normalized spacial score (nSPS) is 11.9. The Morgan fingerprint density at radius 3 is 0.656 bits per heavy atom. The number of carbonyl (C=O) groups is 3. The third kappa shape index (κ3) is 49.3. The first-order chi connectivity index (χ1) is 30.0. The summed E-state index contributed by atoms with van der Waals surface area (Å²) in [7, 11) is 0. The Bertz CT molecular complexity index is 905. The molecule has 1 atom stereocenters. The Morgan fingerprint density at radius 1 is 0.262 bits per heavy atom. The van der Waals surface area contributed by atoms with Crippen LogP contribution in [-0.4, -0.2) is 37.2 Å². The summed E-state index contributed by atoms with van der Waals surface area (Å²) in [6.45, 7) is 6.64. The van der Waals surface area contributed by atoms with Gasteiger partial charge >= 0.3 is 17.9 Å². The van der Waals surface area contributed by atoms with Gasteiger partial charge in [0, 0.05) is 19.3 Å². The van der Waals surface area contributed by atoms with Gasteiger partial charge in [0.2, 0.25) is 0 Å². The standard InChI is InChI=1S/C55H106O6/c1-4-7-10-13-16-18-20-22-24-26-28-30-31-33-35-37-39-42-45-48-54(57)60-51-52(50-59-53(56)47-44-41-15-12-9-6-3)61-55(58)49-46-43-40-38-36-34-32-29-27-25-23-21-19-17-14-11-8-5-2/h52H,4-51H2,1-3H3. The maximum Gasteiger partial charge on any atom is 0.306 e. The van der Waals surface area contributed by atoms with Crippen molar-refractivity contribution in [2.45, 2.75) is 322 Å². The van der Waals surface area contributed by atoms with Gasteiger partial charge in [-0.05, 0) is 19.3 Å². The van der Waals surface area contributed by atoms with Crippen LogP contribution in [-0.2, 0) is 28.6 Å². The number of esters is 3. The first-order valence-corrected chi connectivity index (χ1v) is 27.5. The van der Waals surface area contributed by atoms with Crippen LogP contribution in [0.5, 0.6) is 0 Å². The monoisotopic (exact) mass is 863 g/mol. The largest absolute Gasteiger partial charge is 0.462 e. The minimum Gasteiger partial charge on any atom is -0.462 e. The smallest absolute Gasteiger partial charge is 0.306 e. The zero-order chi connectivity index (χ0) is 44.4. The van der Waals surface area contributed by atoms with Crippen molar-refractivity contribution in [1.29, 1.82) is 0 Å². The third-order valence-electron chi connectivity index (χ3n) is 12.6. The molecule has 0 saturated heterocycles. The van der Waals surface area contributed by atoms with E-state index in [2.05, 4.69) is 20.8 Å². The summed E-state index contributed by atoms with van der Waals surface area (Å²) in [5.74, 6) is -0.848. The molecular formula is C55H106O6. The molecule has 1 unspecified atom stereocenters. The molecule has 0 aromatic heterocycles. The Morgan fingerprint density at radius 2 is 0.443 bits per heavy atom. The van der Waals surface area contributed by atoms with Crippen molar-refractivity contribution in [1.82, 2.24) is 0 Å². The Hall–Kier alpha value is -1.59. The molecule has 0 aliphatic carbocycles. The van der Waals surface area contributed by atoms with Crippen molar-refractivity contribution in [3.05, 3.63) is 0 Å². The average molecular weight is 863 g/mol. The maximum atomic E-state index is 12.8. The Kier molecular flexibility index (Phi) is 49.7. The molecule has 0 aromatic rings.